The van der Waals surface area contributed by atoms with Crippen LogP contribution >= 0.6 is 0 Å². The van der Waals surface area contributed by atoms with Gasteiger partial charge >= 0.3 is 0 Å². The van der Waals surface area contributed by atoms with Crippen molar-refractivity contribution < 1.29 is 9.13 Å². The lowest BCUT2D eigenvalue weighted by Crippen LogP contribution is -2.41. The maximum Gasteiger partial charge on any atom is 0.123 e. The summed E-state index contributed by atoms with van der Waals surface area (Å²) >= 11 is 0. The maximum atomic E-state index is 13.2. The molecule has 2 nitrogen and oxygen atoms in total. The summed E-state index contributed by atoms with van der Waals surface area (Å²) in [7, 11) is 0. The van der Waals surface area contributed by atoms with Gasteiger partial charge in [0.1, 0.15) is 5.82 Å². The van der Waals surface area contributed by atoms with E-state index < -0.39 is 0 Å². The Morgan fingerprint density at radius 1 is 1.41 bits per heavy atom. The van der Waals surface area contributed by atoms with Crippen LogP contribution in [0.2, 0.25) is 0 Å². The minimum Gasteiger partial charge on any atom is -0.368 e. The quantitative estimate of drug-likeness (QED) is 0.872. The second kappa shape index (κ2) is 5.61. The first kappa shape index (κ1) is 12.5. The minimum absolute atomic E-state index is 0.0248. The van der Waals surface area contributed by atoms with Crippen molar-refractivity contribution in [2.24, 2.45) is 5.92 Å². The molecule has 2 unspecified atom stereocenters. The zero-order chi connectivity index (χ0) is 12.3. The Kier molecular flexibility index (Phi) is 4.13. The molecular weight excluding hydrogens is 217 g/mol. The summed E-state index contributed by atoms with van der Waals surface area (Å²) in [6.07, 6.45) is 1.25. The second-order valence-corrected chi connectivity index (χ2v) is 5.09. The van der Waals surface area contributed by atoms with Crippen molar-refractivity contribution >= 4 is 0 Å². The highest BCUT2D eigenvalue weighted by atomic mass is 19.1. The minimum atomic E-state index is -0.197. The lowest BCUT2D eigenvalue weighted by molar-refractivity contribution is -0.0475. The lowest BCUT2D eigenvalue weighted by Gasteiger charge is -2.32. The first-order valence-corrected chi connectivity index (χ1v) is 6.27. The molecule has 1 heterocycles. The zero-order valence-electron chi connectivity index (χ0n) is 10.4. The van der Waals surface area contributed by atoms with E-state index in [0.29, 0.717) is 5.92 Å². The molecule has 1 aromatic rings. The molecule has 0 aromatic heterocycles. The Bertz CT molecular complexity index is 367. The summed E-state index contributed by atoms with van der Waals surface area (Å²) < 4.78 is 19.2. The monoisotopic (exact) mass is 237 g/mol. The van der Waals surface area contributed by atoms with E-state index in [-0.39, 0.29) is 18.0 Å². The van der Waals surface area contributed by atoms with Crippen LogP contribution in [-0.4, -0.2) is 19.2 Å². The molecule has 17 heavy (non-hydrogen) atoms. The Labute approximate surface area is 102 Å². The van der Waals surface area contributed by atoms with Crippen molar-refractivity contribution in [3.05, 3.63) is 35.6 Å². The van der Waals surface area contributed by atoms with Gasteiger partial charge in [0.15, 0.2) is 0 Å². The van der Waals surface area contributed by atoms with Crippen LogP contribution in [0.3, 0.4) is 0 Å². The molecule has 1 aliphatic heterocycles. The van der Waals surface area contributed by atoms with Gasteiger partial charge in [-0.25, -0.2) is 4.39 Å². The number of halogens is 1. The smallest absolute Gasteiger partial charge is 0.123 e. The van der Waals surface area contributed by atoms with Crippen molar-refractivity contribution in [3.63, 3.8) is 0 Å². The first-order chi connectivity index (χ1) is 8.15. The van der Waals surface area contributed by atoms with Gasteiger partial charge in [0.2, 0.25) is 0 Å². The summed E-state index contributed by atoms with van der Waals surface area (Å²) in [5.41, 5.74) is 0.922. The fraction of sp³-hybridized carbons (Fsp3) is 0.571. The molecule has 0 amide bonds. The number of hydrogen-bond acceptors (Lipinski definition) is 2. The van der Waals surface area contributed by atoms with Crippen LogP contribution in [0.25, 0.3) is 0 Å². The number of hydrogen-bond donors (Lipinski definition) is 1. The van der Waals surface area contributed by atoms with Gasteiger partial charge in [-0.15, -0.1) is 0 Å². The van der Waals surface area contributed by atoms with Gasteiger partial charge < -0.3 is 10.1 Å². The summed E-state index contributed by atoms with van der Waals surface area (Å²) in [6, 6.07) is 6.68. The van der Waals surface area contributed by atoms with Crippen LogP contribution in [0.4, 0.5) is 4.39 Å². The number of benzene rings is 1. The van der Waals surface area contributed by atoms with Crippen molar-refractivity contribution in [3.8, 4) is 0 Å². The molecule has 0 aliphatic carbocycles. The summed E-state index contributed by atoms with van der Waals surface area (Å²) in [5.74, 6) is 0.421. The fourth-order valence-corrected chi connectivity index (χ4v) is 2.27. The summed E-state index contributed by atoms with van der Waals surface area (Å²) in [5, 5.41) is 3.36. The highest BCUT2D eigenvalue weighted by molar-refractivity contribution is 5.19. The van der Waals surface area contributed by atoms with E-state index in [2.05, 4.69) is 19.2 Å². The first-order valence-electron chi connectivity index (χ1n) is 6.27. The molecule has 2 rings (SSSR count). The average molecular weight is 237 g/mol. The predicted molar refractivity (Wildman–Crippen MR) is 66.3 cm³/mol. The van der Waals surface area contributed by atoms with E-state index in [1.165, 1.54) is 6.07 Å². The zero-order valence-corrected chi connectivity index (χ0v) is 10.4. The van der Waals surface area contributed by atoms with Crippen LogP contribution in [0.5, 0.6) is 0 Å². The largest absolute Gasteiger partial charge is 0.368 e. The lowest BCUT2D eigenvalue weighted by atomic mass is 10.0. The van der Waals surface area contributed by atoms with Crippen molar-refractivity contribution in [1.29, 1.82) is 0 Å². The van der Waals surface area contributed by atoms with Crippen LogP contribution in [0, 0.1) is 11.7 Å². The molecule has 2 atom stereocenters. The molecule has 0 radical (unpaired) electrons. The molecule has 1 aliphatic rings. The average Bonchev–Trinajstić information content (AvgIpc) is 2.28. The van der Waals surface area contributed by atoms with E-state index >= 15 is 0 Å². The highest BCUT2D eigenvalue weighted by Crippen LogP contribution is 2.24. The molecule has 94 valence electrons. The third kappa shape index (κ3) is 3.51. The van der Waals surface area contributed by atoms with E-state index in [0.717, 1.165) is 25.1 Å². The summed E-state index contributed by atoms with van der Waals surface area (Å²) in [4.78, 5) is 0. The Hall–Kier alpha value is -0.930. The van der Waals surface area contributed by atoms with E-state index in [9.17, 15) is 4.39 Å². The van der Waals surface area contributed by atoms with Gasteiger partial charge in [0.25, 0.3) is 0 Å². The van der Waals surface area contributed by atoms with Gasteiger partial charge in [-0.3, -0.25) is 0 Å². The van der Waals surface area contributed by atoms with Gasteiger partial charge in [0.05, 0.1) is 12.2 Å². The van der Waals surface area contributed by atoms with Crippen LogP contribution in [-0.2, 0) is 4.74 Å². The van der Waals surface area contributed by atoms with Crippen LogP contribution < -0.4 is 5.32 Å². The Balaban J connectivity index is 2.02. The molecule has 0 spiro atoms. The highest BCUT2D eigenvalue weighted by Gasteiger charge is 2.23. The third-order valence-electron chi connectivity index (χ3n) is 3.01. The van der Waals surface area contributed by atoms with Crippen LogP contribution in [0.1, 0.15) is 31.9 Å². The molecule has 0 bridgehead atoms. The number of nitrogens with one attached hydrogen (secondary N) is 1. The number of rotatable bonds is 3. The van der Waals surface area contributed by atoms with Crippen molar-refractivity contribution in [2.45, 2.75) is 32.5 Å². The van der Waals surface area contributed by atoms with Crippen molar-refractivity contribution in [1.82, 2.24) is 5.32 Å². The molecule has 1 saturated heterocycles. The third-order valence-corrected chi connectivity index (χ3v) is 3.01. The number of ether oxygens (including phenoxy) is 1. The van der Waals surface area contributed by atoms with E-state index in [1.807, 2.05) is 6.07 Å². The van der Waals surface area contributed by atoms with Gasteiger partial charge in [-0.2, -0.15) is 0 Å². The normalized spacial score (nSPS) is 25.2. The fourth-order valence-electron chi connectivity index (χ4n) is 2.27. The molecular formula is C14H20FNO. The standard InChI is InChI=1S/C14H20FNO/c1-10(2)6-13-8-16-9-14(17-13)11-4-3-5-12(15)7-11/h3-5,7,10,13-14,16H,6,8-9H2,1-2H3. The van der Waals surface area contributed by atoms with E-state index in [1.54, 1.807) is 12.1 Å². The SMILES string of the molecule is CC(C)CC1CNCC(c2cccc(F)c2)O1. The topological polar surface area (TPSA) is 21.3 Å². The van der Waals surface area contributed by atoms with E-state index in [4.69, 9.17) is 4.74 Å². The maximum absolute atomic E-state index is 13.2. The van der Waals surface area contributed by atoms with Gasteiger partial charge in [0, 0.05) is 13.1 Å². The molecule has 3 heteroatoms. The van der Waals surface area contributed by atoms with Gasteiger partial charge in [-0.1, -0.05) is 26.0 Å². The summed E-state index contributed by atoms with van der Waals surface area (Å²) in [6.45, 7) is 6.03. The van der Waals surface area contributed by atoms with Gasteiger partial charge in [-0.05, 0) is 30.0 Å². The Morgan fingerprint density at radius 2 is 2.24 bits per heavy atom. The molecule has 0 saturated carbocycles. The Morgan fingerprint density at radius 3 is 2.94 bits per heavy atom. The van der Waals surface area contributed by atoms with Crippen LogP contribution in [0.15, 0.2) is 24.3 Å². The number of morpholine rings is 1. The molecule has 1 aromatic carbocycles. The molecule has 1 N–H and O–H groups in total. The predicted octanol–water partition coefficient (Wildman–Crippen LogP) is 2.90. The van der Waals surface area contributed by atoms with Crippen molar-refractivity contribution in [2.75, 3.05) is 13.1 Å². The second-order valence-electron chi connectivity index (χ2n) is 5.09. The molecule has 1 fully saturated rings.